The number of ether oxygens (including phenoxy) is 1. The van der Waals surface area contributed by atoms with E-state index in [0.29, 0.717) is 11.7 Å². The van der Waals surface area contributed by atoms with Crippen molar-refractivity contribution in [2.24, 2.45) is 0 Å². The normalized spacial score (nSPS) is 12.1. The van der Waals surface area contributed by atoms with E-state index in [1.165, 1.54) is 11.3 Å². The van der Waals surface area contributed by atoms with Crippen LogP contribution in [0.25, 0.3) is 10.6 Å². The smallest absolute Gasteiger partial charge is 0.321 e. The Hall–Kier alpha value is -1.51. The Labute approximate surface area is 125 Å². The number of methoxy groups -OCH3 is 1. The average molecular weight is 312 g/mol. The Bertz CT molecular complexity index is 541. The van der Waals surface area contributed by atoms with Crippen molar-refractivity contribution in [1.82, 2.24) is 15.5 Å². The summed E-state index contributed by atoms with van der Waals surface area (Å²) < 4.78 is 5.03. The van der Waals surface area contributed by atoms with Gasteiger partial charge in [-0.05, 0) is 17.9 Å². The highest BCUT2D eigenvalue weighted by molar-refractivity contribution is 7.19. The topological polar surface area (TPSA) is 76.1 Å². The molecule has 1 atom stereocenters. The summed E-state index contributed by atoms with van der Waals surface area (Å²) in [5.74, 6) is 0. The molecule has 0 aliphatic heterocycles. The molecule has 0 saturated heterocycles. The van der Waals surface area contributed by atoms with Crippen molar-refractivity contribution in [2.75, 3.05) is 19.0 Å². The van der Waals surface area contributed by atoms with Crippen molar-refractivity contribution in [3.05, 3.63) is 16.8 Å². The Morgan fingerprint density at radius 3 is 3.00 bits per heavy atom. The first-order chi connectivity index (χ1) is 9.72. The fourth-order valence-electron chi connectivity index (χ4n) is 1.56. The van der Waals surface area contributed by atoms with Crippen LogP contribution in [-0.2, 0) is 4.74 Å². The monoisotopic (exact) mass is 312 g/mol. The first-order valence-electron chi connectivity index (χ1n) is 6.15. The molecule has 6 nitrogen and oxygen atoms in total. The fourth-order valence-corrected chi connectivity index (χ4v) is 3.01. The van der Waals surface area contributed by atoms with Gasteiger partial charge in [0.1, 0.15) is 5.01 Å². The lowest BCUT2D eigenvalue weighted by Gasteiger charge is -2.15. The summed E-state index contributed by atoms with van der Waals surface area (Å²) >= 11 is 2.95. The molecule has 108 valence electrons. The lowest BCUT2D eigenvalue weighted by atomic mass is 10.2. The van der Waals surface area contributed by atoms with E-state index in [2.05, 4.69) is 20.8 Å². The lowest BCUT2D eigenvalue weighted by molar-refractivity contribution is 0.165. The molecule has 0 aromatic carbocycles. The first-order valence-corrected chi connectivity index (χ1v) is 7.91. The van der Waals surface area contributed by atoms with Crippen molar-refractivity contribution in [3.8, 4) is 10.6 Å². The van der Waals surface area contributed by atoms with Crippen LogP contribution < -0.4 is 10.6 Å². The number of carbonyl (C=O) groups is 1. The van der Waals surface area contributed by atoms with Crippen LogP contribution in [0.5, 0.6) is 0 Å². The van der Waals surface area contributed by atoms with Gasteiger partial charge in [0.15, 0.2) is 0 Å². The minimum absolute atomic E-state index is 0.00994. The quantitative estimate of drug-likeness (QED) is 0.860. The number of carbonyl (C=O) groups excluding carboxylic acids is 1. The Morgan fingerprint density at radius 2 is 2.35 bits per heavy atom. The standard InChI is InChI=1S/C12H16N4O2S2/c1-3-9(6-18-2)13-11(17)14-12-16-15-10(20-12)8-4-5-19-7-8/h4-5,7,9H,3,6H2,1-2H3,(H2,13,14,16,17). The molecule has 0 aliphatic rings. The first kappa shape index (κ1) is 14.9. The molecule has 0 radical (unpaired) electrons. The zero-order chi connectivity index (χ0) is 14.4. The molecule has 2 aromatic heterocycles. The number of nitrogens with zero attached hydrogens (tertiary/aromatic N) is 2. The molecule has 2 heterocycles. The number of nitrogens with one attached hydrogen (secondary N) is 2. The van der Waals surface area contributed by atoms with Gasteiger partial charge in [0.05, 0.1) is 12.6 Å². The van der Waals surface area contributed by atoms with Crippen LogP contribution in [0.3, 0.4) is 0 Å². The summed E-state index contributed by atoms with van der Waals surface area (Å²) in [6.07, 6.45) is 0.803. The molecule has 8 heteroatoms. The second kappa shape index (κ2) is 7.32. The summed E-state index contributed by atoms with van der Waals surface area (Å²) in [6.45, 7) is 2.48. The highest BCUT2D eigenvalue weighted by atomic mass is 32.1. The predicted molar refractivity (Wildman–Crippen MR) is 81.3 cm³/mol. The van der Waals surface area contributed by atoms with Gasteiger partial charge in [0, 0.05) is 18.1 Å². The summed E-state index contributed by atoms with van der Waals surface area (Å²) in [4.78, 5) is 11.8. The molecule has 2 aromatic rings. The van der Waals surface area contributed by atoms with Crippen LogP contribution in [0.15, 0.2) is 16.8 Å². The van der Waals surface area contributed by atoms with E-state index in [1.54, 1.807) is 18.4 Å². The number of hydrogen-bond donors (Lipinski definition) is 2. The number of hydrogen-bond acceptors (Lipinski definition) is 6. The maximum Gasteiger partial charge on any atom is 0.321 e. The number of thiophene rings is 1. The molecule has 2 rings (SSSR count). The van der Waals surface area contributed by atoms with Crippen LogP contribution in [0, 0.1) is 0 Å². The van der Waals surface area contributed by atoms with E-state index in [1.807, 2.05) is 23.8 Å². The molecule has 20 heavy (non-hydrogen) atoms. The van der Waals surface area contributed by atoms with E-state index < -0.39 is 0 Å². The number of amides is 2. The van der Waals surface area contributed by atoms with E-state index in [0.717, 1.165) is 17.0 Å². The Balaban J connectivity index is 1.91. The van der Waals surface area contributed by atoms with Gasteiger partial charge in [-0.25, -0.2) is 4.79 Å². The predicted octanol–water partition coefficient (Wildman–Crippen LogP) is 2.81. The Kier molecular flexibility index (Phi) is 5.45. The highest BCUT2D eigenvalue weighted by Gasteiger charge is 2.13. The van der Waals surface area contributed by atoms with Gasteiger partial charge in [-0.15, -0.1) is 10.2 Å². The maximum atomic E-state index is 11.8. The number of rotatable bonds is 6. The summed E-state index contributed by atoms with van der Waals surface area (Å²) in [5.41, 5.74) is 1.02. The molecule has 2 amide bonds. The molecule has 0 fully saturated rings. The molecule has 0 saturated carbocycles. The van der Waals surface area contributed by atoms with Gasteiger partial charge in [0.25, 0.3) is 0 Å². The van der Waals surface area contributed by atoms with Crippen molar-refractivity contribution in [2.45, 2.75) is 19.4 Å². The van der Waals surface area contributed by atoms with Crippen molar-refractivity contribution < 1.29 is 9.53 Å². The summed E-state index contributed by atoms with van der Waals surface area (Å²) in [6, 6.07) is 1.67. The van der Waals surface area contributed by atoms with Gasteiger partial charge in [-0.1, -0.05) is 18.3 Å². The van der Waals surface area contributed by atoms with E-state index >= 15 is 0 Å². The molecule has 0 bridgehead atoms. The van der Waals surface area contributed by atoms with Crippen LogP contribution in [0.1, 0.15) is 13.3 Å². The van der Waals surface area contributed by atoms with Gasteiger partial charge >= 0.3 is 6.03 Å². The van der Waals surface area contributed by atoms with Crippen molar-refractivity contribution in [3.63, 3.8) is 0 Å². The van der Waals surface area contributed by atoms with Crippen LogP contribution in [-0.4, -0.2) is 36.0 Å². The second-order valence-corrected chi connectivity index (χ2v) is 5.84. The van der Waals surface area contributed by atoms with E-state index in [9.17, 15) is 4.79 Å². The maximum absolute atomic E-state index is 11.8. The zero-order valence-electron chi connectivity index (χ0n) is 11.3. The number of aromatic nitrogens is 2. The van der Waals surface area contributed by atoms with E-state index in [-0.39, 0.29) is 12.1 Å². The molecule has 1 unspecified atom stereocenters. The zero-order valence-corrected chi connectivity index (χ0v) is 12.9. The van der Waals surface area contributed by atoms with Crippen molar-refractivity contribution in [1.29, 1.82) is 0 Å². The minimum Gasteiger partial charge on any atom is -0.383 e. The van der Waals surface area contributed by atoms with Crippen LogP contribution in [0.2, 0.25) is 0 Å². The van der Waals surface area contributed by atoms with Gasteiger partial charge in [-0.2, -0.15) is 11.3 Å². The SMILES string of the molecule is CCC(COC)NC(=O)Nc1nnc(-c2ccsc2)s1. The van der Waals surface area contributed by atoms with E-state index in [4.69, 9.17) is 4.74 Å². The number of urea groups is 1. The van der Waals surface area contributed by atoms with Gasteiger partial charge in [-0.3, -0.25) is 5.32 Å². The Morgan fingerprint density at radius 1 is 1.50 bits per heavy atom. The largest absolute Gasteiger partial charge is 0.383 e. The third-order valence-electron chi connectivity index (χ3n) is 2.61. The average Bonchev–Trinajstić information content (AvgIpc) is 3.08. The minimum atomic E-state index is -0.290. The third-order valence-corrected chi connectivity index (χ3v) is 4.18. The molecule has 0 spiro atoms. The molecular weight excluding hydrogens is 296 g/mol. The van der Waals surface area contributed by atoms with Crippen LogP contribution >= 0.6 is 22.7 Å². The van der Waals surface area contributed by atoms with Crippen molar-refractivity contribution >= 4 is 33.8 Å². The third kappa shape index (κ3) is 3.99. The van der Waals surface area contributed by atoms with Crippen LogP contribution in [0.4, 0.5) is 9.93 Å². The molecule has 2 N–H and O–H groups in total. The number of anilines is 1. The summed E-state index contributed by atoms with van der Waals surface area (Å²) in [5, 5.41) is 18.8. The summed E-state index contributed by atoms with van der Waals surface area (Å²) in [7, 11) is 1.61. The van der Waals surface area contributed by atoms with Gasteiger partial charge < -0.3 is 10.1 Å². The second-order valence-electron chi connectivity index (χ2n) is 4.08. The van der Waals surface area contributed by atoms with Gasteiger partial charge in [0.2, 0.25) is 5.13 Å². The lowest BCUT2D eigenvalue weighted by Crippen LogP contribution is -2.40. The fraction of sp³-hybridized carbons (Fsp3) is 0.417. The molecular formula is C12H16N4O2S2. The highest BCUT2D eigenvalue weighted by Crippen LogP contribution is 2.27. The molecule has 0 aliphatic carbocycles.